The van der Waals surface area contributed by atoms with Crippen molar-refractivity contribution in [2.24, 2.45) is 0 Å². The fourth-order valence-electron chi connectivity index (χ4n) is 0.497. The van der Waals surface area contributed by atoms with Gasteiger partial charge in [-0.2, -0.15) is 0 Å². The molecular formula is C11H27ClN2O2. The van der Waals surface area contributed by atoms with Crippen molar-refractivity contribution in [3.05, 3.63) is 12.2 Å². The number of halogens is 1. The monoisotopic (exact) mass is 254 g/mol. The highest BCUT2D eigenvalue weighted by molar-refractivity contribution is 5.85. The van der Waals surface area contributed by atoms with E-state index in [4.69, 9.17) is 5.11 Å². The molecule has 0 radical (unpaired) electrons. The second-order valence-corrected chi connectivity index (χ2v) is 3.01. The van der Waals surface area contributed by atoms with Crippen LogP contribution < -0.4 is 10.6 Å². The van der Waals surface area contributed by atoms with Crippen molar-refractivity contribution in [2.75, 3.05) is 28.2 Å². The number of hydrogen-bond donors (Lipinski definition) is 3. The third kappa shape index (κ3) is 37.6. The SMILES string of the molecule is C=C(CCCC)C(=O)O.CNC.CNC.Cl. The van der Waals surface area contributed by atoms with E-state index in [1.54, 1.807) is 0 Å². The highest BCUT2D eigenvalue weighted by Gasteiger charge is 2.00. The van der Waals surface area contributed by atoms with Crippen molar-refractivity contribution in [1.82, 2.24) is 10.6 Å². The summed E-state index contributed by atoms with van der Waals surface area (Å²) in [4.78, 5) is 10.1. The molecule has 0 saturated carbocycles. The first-order valence-electron chi connectivity index (χ1n) is 5.09. The summed E-state index contributed by atoms with van der Waals surface area (Å²) in [6, 6.07) is 0. The van der Waals surface area contributed by atoms with Crippen molar-refractivity contribution < 1.29 is 9.90 Å². The van der Waals surface area contributed by atoms with Gasteiger partial charge in [-0.05, 0) is 41.0 Å². The Morgan fingerprint density at radius 2 is 1.50 bits per heavy atom. The molecule has 0 atom stereocenters. The number of rotatable bonds is 4. The molecule has 0 unspecified atom stereocenters. The number of carbonyl (C=O) groups is 1. The topological polar surface area (TPSA) is 61.4 Å². The molecule has 0 aliphatic carbocycles. The molecule has 0 heterocycles. The average Bonchev–Trinajstić information content (AvgIpc) is 2.16. The molecule has 0 bridgehead atoms. The van der Waals surface area contributed by atoms with Gasteiger partial charge < -0.3 is 15.7 Å². The van der Waals surface area contributed by atoms with Gasteiger partial charge in [0.05, 0.1) is 0 Å². The lowest BCUT2D eigenvalue weighted by atomic mass is 10.1. The van der Waals surface area contributed by atoms with Crippen LogP contribution in [-0.4, -0.2) is 39.3 Å². The van der Waals surface area contributed by atoms with E-state index in [1.165, 1.54) is 0 Å². The Bertz CT molecular complexity index is 151. The highest BCUT2D eigenvalue weighted by atomic mass is 35.5. The van der Waals surface area contributed by atoms with E-state index >= 15 is 0 Å². The maximum atomic E-state index is 10.1. The van der Waals surface area contributed by atoms with Gasteiger partial charge in [-0.25, -0.2) is 4.79 Å². The second kappa shape index (κ2) is 23.9. The number of unbranched alkanes of at least 4 members (excludes halogenated alkanes) is 1. The summed E-state index contributed by atoms with van der Waals surface area (Å²) in [6.45, 7) is 5.42. The van der Waals surface area contributed by atoms with Crippen LogP contribution in [0.5, 0.6) is 0 Å². The molecule has 0 aromatic carbocycles. The van der Waals surface area contributed by atoms with Crippen molar-refractivity contribution in [3.8, 4) is 0 Å². The molecule has 4 nitrogen and oxygen atoms in total. The molecule has 0 amide bonds. The highest BCUT2D eigenvalue weighted by Crippen LogP contribution is 2.03. The molecular weight excluding hydrogens is 228 g/mol. The summed E-state index contributed by atoms with van der Waals surface area (Å²) in [5.74, 6) is -0.872. The van der Waals surface area contributed by atoms with E-state index in [1.807, 2.05) is 35.1 Å². The molecule has 0 spiro atoms. The lowest BCUT2D eigenvalue weighted by molar-refractivity contribution is -0.132. The minimum atomic E-state index is -0.872. The summed E-state index contributed by atoms with van der Waals surface area (Å²) in [5, 5.41) is 13.8. The van der Waals surface area contributed by atoms with Crippen molar-refractivity contribution in [3.63, 3.8) is 0 Å². The van der Waals surface area contributed by atoms with Gasteiger partial charge in [-0.1, -0.05) is 19.9 Å². The normalized spacial score (nSPS) is 7.31. The fraction of sp³-hybridized carbons (Fsp3) is 0.727. The van der Waals surface area contributed by atoms with Gasteiger partial charge in [-0.15, -0.1) is 12.4 Å². The van der Waals surface area contributed by atoms with Gasteiger partial charge in [0, 0.05) is 5.57 Å². The number of carboxylic acid groups (broad SMARTS) is 1. The predicted octanol–water partition coefficient (Wildman–Crippen LogP) is 1.91. The predicted molar refractivity (Wildman–Crippen MR) is 73.5 cm³/mol. The Kier molecular flexibility index (Phi) is 36.8. The molecule has 0 aromatic heterocycles. The maximum Gasteiger partial charge on any atom is 0.330 e. The Morgan fingerprint density at radius 1 is 1.19 bits per heavy atom. The molecule has 16 heavy (non-hydrogen) atoms. The van der Waals surface area contributed by atoms with Crippen LogP contribution in [0.4, 0.5) is 0 Å². The number of aliphatic carboxylic acids is 1. The molecule has 3 N–H and O–H groups in total. The van der Waals surface area contributed by atoms with E-state index in [2.05, 4.69) is 17.2 Å². The maximum absolute atomic E-state index is 10.1. The van der Waals surface area contributed by atoms with Crippen molar-refractivity contribution >= 4 is 18.4 Å². The average molecular weight is 255 g/mol. The second-order valence-electron chi connectivity index (χ2n) is 3.01. The molecule has 0 fully saturated rings. The standard InChI is InChI=1S/C7H12O2.2C2H7N.ClH/c1-3-4-5-6(2)7(8)9;2*1-3-2;/h2-5H2,1H3,(H,8,9);2*3H,1-2H3;1H. The van der Waals surface area contributed by atoms with Crippen LogP contribution in [0.15, 0.2) is 12.2 Å². The fourth-order valence-corrected chi connectivity index (χ4v) is 0.497. The van der Waals surface area contributed by atoms with Gasteiger partial charge in [0.25, 0.3) is 0 Å². The van der Waals surface area contributed by atoms with Gasteiger partial charge in [-0.3, -0.25) is 0 Å². The summed E-state index contributed by atoms with van der Waals surface area (Å²) in [6.07, 6.45) is 2.56. The van der Waals surface area contributed by atoms with E-state index in [9.17, 15) is 4.79 Å². The summed E-state index contributed by atoms with van der Waals surface area (Å²) >= 11 is 0. The Morgan fingerprint density at radius 3 is 1.69 bits per heavy atom. The van der Waals surface area contributed by atoms with Crippen LogP contribution in [0.3, 0.4) is 0 Å². The Hall–Kier alpha value is -0.580. The molecule has 0 aromatic rings. The number of nitrogens with one attached hydrogen (secondary N) is 2. The quantitative estimate of drug-likeness (QED) is 0.671. The molecule has 0 aliphatic heterocycles. The van der Waals surface area contributed by atoms with Crippen molar-refractivity contribution in [1.29, 1.82) is 0 Å². The first-order chi connectivity index (χ1) is 7.01. The molecule has 0 saturated heterocycles. The van der Waals surface area contributed by atoms with E-state index < -0.39 is 5.97 Å². The van der Waals surface area contributed by atoms with Crippen LogP contribution in [0, 0.1) is 0 Å². The lowest BCUT2D eigenvalue weighted by Gasteiger charge is -1.95. The van der Waals surface area contributed by atoms with Crippen LogP contribution >= 0.6 is 12.4 Å². The summed E-state index contributed by atoms with van der Waals surface area (Å²) in [5.41, 5.74) is 0.317. The van der Waals surface area contributed by atoms with E-state index in [0.717, 1.165) is 12.8 Å². The summed E-state index contributed by atoms with van der Waals surface area (Å²) < 4.78 is 0. The molecule has 5 heteroatoms. The van der Waals surface area contributed by atoms with Crippen LogP contribution in [-0.2, 0) is 4.79 Å². The minimum Gasteiger partial charge on any atom is -0.478 e. The summed E-state index contributed by atoms with van der Waals surface area (Å²) in [7, 11) is 7.50. The van der Waals surface area contributed by atoms with E-state index in [-0.39, 0.29) is 12.4 Å². The third-order valence-electron chi connectivity index (χ3n) is 1.13. The van der Waals surface area contributed by atoms with Crippen LogP contribution in [0.25, 0.3) is 0 Å². The zero-order chi connectivity index (χ0) is 12.7. The van der Waals surface area contributed by atoms with Crippen LogP contribution in [0.1, 0.15) is 26.2 Å². The first kappa shape index (κ1) is 24.6. The lowest BCUT2D eigenvalue weighted by Crippen LogP contribution is -1.97. The first-order valence-corrected chi connectivity index (χ1v) is 5.09. The Labute approximate surface area is 106 Å². The molecule has 100 valence electrons. The Balaban J connectivity index is -0.0000000870. The zero-order valence-corrected chi connectivity index (χ0v) is 11.9. The van der Waals surface area contributed by atoms with Gasteiger partial charge >= 0.3 is 5.97 Å². The molecule has 0 rings (SSSR count). The minimum absolute atomic E-state index is 0. The van der Waals surface area contributed by atoms with Gasteiger partial charge in [0.15, 0.2) is 0 Å². The van der Waals surface area contributed by atoms with Gasteiger partial charge in [0.2, 0.25) is 0 Å². The number of carboxylic acids is 1. The zero-order valence-electron chi connectivity index (χ0n) is 11.1. The smallest absolute Gasteiger partial charge is 0.330 e. The largest absolute Gasteiger partial charge is 0.478 e. The third-order valence-corrected chi connectivity index (χ3v) is 1.13. The number of hydrogen-bond acceptors (Lipinski definition) is 3. The van der Waals surface area contributed by atoms with E-state index in [0.29, 0.717) is 12.0 Å². The van der Waals surface area contributed by atoms with Crippen LogP contribution in [0.2, 0.25) is 0 Å². The molecule has 0 aliphatic rings. The van der Waals surface area contributed by atoms with Crippen molar-refractivity contribution in [2.45, 2.75) is 26.2 Å². The van der Waals surface area contributed by atoms with Gasteiger partial charge in [0.1, 0.15) is 0 Å².